The van der Waals surface area contributed by atoms with Gasteiger partial charge in [-0.25, -0.2) is 9.78 Å². The van der Waals surface area contributed by atoms with Crippen LogP contribution in [0.1, 0.15) is 29.1 Å². The van der Waals surface area contributed by atoms with Gasteiger partial charge in [0.05, 0.1) is 0 Å². The van der Waals surface area contributed by atoms with Crippen molar-refractivity contribution in [3.63, 3.8) is 0 Å². The van der Waals surface area contributed by atoms with Crippen molar-refractivity contribution in [1.29, 1.82) is 0 Å². The molecule has 1 unspecified atom stereocenters. The SMILES string of the molecule is CC(Oc1ccnc(C(=O)O)c1)c1ccccc1. The van der Waals surface area contributed by atoms with Crippen LogP contribution in [0.2, 0.25) is 0 Å². The van der Waals surface area contributed by atoms with Crippen LogP contribution in [0.25, 0.3) is 0 Å². The zero-order valence-corrected chi connectivity index (χ0v) is 9.91. The van der Waals surface area contributed by atoms with E-state index in [1.807, 2.05) is 37.3 Å². The van der Waals surface area contributed by atoms with Crippen LogP contribution in [-0.4, -0.2) is 16.1 Å². The lowest BCUT2D eigenvalue weighted by atomic mass is 10.1. The van der Waals surface area contributed by atoms with Crippen LogP contribution < -0.4 is 4.74 Å². The summed E-state index contributed by atoms with van der Waals surface area (Å²) >= 11 is 0. The molecule has 92 valence electrons. The normalized spacial score (nSPS) is 11.8. The third-order valence-corrected chi connectivity index (χ3v) is 2.53. The number of rotatable bonds is 4. The molecular formula is C14H13NO3. The van der Waals surface area contributed by atoms with E-state index in [9.17, 15) is 4.79 Å². The zero-order chi connectivity index (χ0) is 13.0. The molecule has 0 saturated heterocycles. The second-order valence-corrected chi connectivity index (χ2v) is 3.85. The first-order chi connectivity index (χ1) is 8.66. The summed E-state index contributed by atoms with van der Waals surface area (Å²) in [7, 11) is 0. The number of carboxylic acids is 1. The maximum absolute atomic E-state index is 10.8. The highest BCUT2D eigenvalue weighted by molar-refractivity contribution is 5.85. The largest absolute Gasteiger partial charge is 0.486 e. The Labute approximate surface area is 105 Å². The van der Waals surface area contributed by atoms with Crippen LogP contribution >= 0.6 is 0 Å². The smallest absolute Gasteiger partial charge is 0.354 e. The number of carbonyl (C=O) groups is 1. The van der Waals surface area contributed by atoms with Crippen molar-refractivity contribution in [2.24, 2.45) is 0 Å². The molecule has 1 N–H and O–H groups in total. The fraction of sp³-hybridized carbons (Fsp3) is 0.143. The molecule has 0 aliphatic carbocycles. The number of nitrogens with zero attached hydrogens (tertiary/aromatic N) is 1. The van der Waals surface area contributed by atoms with Gasteiger partial charge in [0, 0.05) is 12.3 Å². The van der Waals surface area contributed by atoms with Gasteiger partial charge in [0.25, 0.3) is 0 Å². The number of hydrogen-bond acceptors (Lipinski definition) is 3. The molecule has 0 radical (unpaired) electrons. The van der Waals surface area contributed by atoms with Gasteiger partial charge >= 0.3 is 5.97 Å². The Morgan fingerprint density at radius 3 is 2.67 bits per heavy atom. The molecule has 1 aromatic heterocycles. The van der Waals surface area contributed by atoms with Crippen molar-refractivity contribution in [2.45, 2.75) is 13.0 Å². The van der Waals surface area contributed by atoms with E-state index in [-0.39, 0.29) is 11.8 Å². The predicted octanol–water partition coefficient (Wildman–Crippen LogP) is 2.92. The fourth-order valence-electron chi connectivity index (χ4n) is 1.60. The molecular weight excluding hydrogens is 230 g/mol. The van der Waals surface area contributed by atoms with E-state index in [0.717, 1.165) is 5.56 Å². The van der Waals surface area contributed by atoms with Gasteiger partial charge in [0.2, 0.25) is 0 Å². The van der Waals surface area contributed by atoms with E-state index in [0.29, 0.717) is 5.75 Å². The van der Waals surface area contributed by atoms with Gasteiger partial charge < -0.3 is 9.84 Å². The van der Waals surface area contributed by atoms with E-state index in [2.05, 4.69) is 4.98 Å². The van der Waals surface area contributed by atoms with E-state index in [1.54, 1.807) is 6.07 Å². The molecule has 2 aromatic rings. The number of ether oxygens (including phenoxy) is 1. The average molecular weight is 243 g/mol. The number of benzene rings is 1. The Kier molecular flexibility index (Phi) is 3.57. The molecule has 0 aliphatic heterocycles. The van der Waals surface area contributed by atoms with Gasteiger partial charge in [-0.1, -0.05) is 30.3 Å². The highest BCUT2D eigenvalue weighted by Crippen LogP contribution is 2.21. The number of aromatic carboxylic acids is 1. The predicted molar refractivity (Wildman–Crippen MR) is 66.7 cm³/mol. The lowest BCUT2D eigenvalue weighted by molar-refractivity contribution is 0.0689. The van der Waals surface area contributed by atoms with Gasteiger partial charge in [-0.3, -0.25) is 0 Å². The molecule has 4 heteroatoms. The minimum absolute atomic E-state index is 0.0206. The first kappa shape index (κ1) is 12.1. The van der Waals surface area contributed by atoms with Gasteiger partial charge in [0.1, 0.15) is 11.9 Å². The van der Waals surface area contributed by atoms with Gasteiger partial charge in [-0.15, -0.1) is 0 Å². The summed E-state index contributed by atoms with van der Waals surface area (Å²) in [6.07, 6.45) is 1.28. The van der Waals surface area contributed by atoms with Crippen LogP contribution in [-0.2, 0) is 0 Å². The second-order valence-electron chi connectivity index (χ2n) is 3.85. The Bertz CT molecular complexity index is 540. The Hall–Kier alpha value is -2.36. The molecule has 0 aliphatic rings. The zero-order valence-electron chi connectivity index (χ0n) is 9.91. The Morgan fingerprint density at radius 2 is 2.00 bits per heavy atom. The maximum atomic E-state index is 10.8. The lowest BCUT2D eigenvalue weighted by Gasteiger charge is -2.15. The molecule has 1 heterocycles. The third-order valence-electron chi connectivity index (χ3n) is 2.53. The van der Waals surface area contributed by atoms with Gasteiger partial charge in [0.15, 0.2) is 5.69 Å². The molecule has 4 nitrogen and oxygen atoms in total. The first-order valence-electron chi connectivity index (χ1n) is 5.58. The topological polar surface area (TPSA) is 59.4 Å². The van der Waals surface area contributed by atoms with Crippen molar-refractivity contribution in [1.82, 2.24) is 4.98 Å². The van der Waals surface area contributed by atoms with Crippen LogP contribution in [0, 0.1) is 0 Å². The molecule has 0 amide bonds. The molecule has 1 aromatic carbocycles. The summed E-state index contributed by atoms with van der Waals surface area (Å²) in [5.74, 6) is -0.563. The van der Waals surface area contributed by atoms with E-state index < -0.39 is 5.97 Å². The van der Waals surface area contributed by atoms with Crippen molar-refractivity contribution in [3.8, 4) is 5.75 Å². The molecule has 0 saturated carbocycles. The van der Waals surface area contributed by atoms with Gasteiger partial charge in [-0.05, 0) is 18.6 Å². The molecule has 18 heavy (non-hydrogen) atoms. The number of carboxylic acid groups (broad SMARTS) is 1. The lowest BCUT2D eigenvalue weighted by Crippen LogP contribution is -2.05. The highest BCUT2D eigenvalue weighted by Gasteiger charge is 2.09. The monoisotopic (exact) mass is 243 g/mol. The molecule has 0 spiro atoms. The summed E-state index contributed by atoms with van der Waals surface area (Å²) < 4.78 is 5.69. The number of hydrogen-bond donors (Lipinski definition) is 1. The van der Waals surface area contributed by atoms with Crippen molar-refractivity contribution >= 4 is 5.97 Å². The van der Waals surface area contributed by atoms with Crippen LogP contribution in [0.3, 0.4) is 0 Å². The fourth-order valence-corrected chi connectivity index (χ4v) is 1.60. The highest BCUT2D eigenvalue weighted by atomic mass is 16.5. The van der Waals surface area contributed by atoms with Crippen LogP contribution in [0.4, 0.5) is 0 Å². The summed E-state index contributed by atoms with van der Waals surface area (Å²) in [6, 6.07) is 12.8. The molecule has 2 rings (SSSR count). The number of pyridine rings is 1. The second kappa shape index (κ2) is 5.31. The number of aromatic nitrogens is 1. The standard InChI is InChI=1S/C14H13NO3/c1-10(11-5-3-2-4-6-11)18-12-7-8-15-13(9-12)14(16)17/h2-10H,1H3,(H,16,17). The van der Waals surface area contributed by atoms with Gasteiger partial charge in [-0.2, -0.15) is 0 Å². The van der Waals surface area contributed by atoms with E-state index in [4.69, 9.17) is 9.84 Å². The summed E-state index contributed by atoms with van der Waals surface area (Å²) in [4.78, 5) is 14.5. The molecule has 1 atom stereocenters. The quantitative estimate of drug-likeness (QED) is 0.896. The van der Waals surface area contributed by atoms with Crippen molar-refractivity contribution in [3.05, 3.63) is 59.9 Å². The summed E-state index contributed by atoms with van der Waals surface area (Å²) in [6.45, 7) is 1.91. The van der Waals surface area contributed by atoms with Crippen LogP contribution in [0.5, 0.6) is 5.75 Å². The Morgan fingerprint density at radius 1 is 1.28 bits per heavy atom. The molecule has 0 fully saturated rings. The minimum Gasteiger partial charge on any atom is -0.486 e. The van der Waals surface area contributed by atoms with Crippen molar-refractivity contribution in [2.75, 3.05) is 0 Å². The third kappa shape index (κ3) is 2.85. The average Bonchev–Trinajstić information content (AvgIpc) is 2.40. The molecule has 0 bridgehead atoms. The van der Waals surface area contributed by atoms with Crippen LogP contribution in [0.15, 0.2) is 48.7 Å². The summed E-state index contributed by atoms with van der Waals surface area (Å²) in [5, 5.41) is 8.84. The van der Waals surface area contributed by atoms with E-state index in [1.165, 1.54) is 12.3 Å². The summed E-state index contributed by atoms with van der Waals surface area (Å²) in [5.41, 5.74) is 1.01. The first-order valence-corrected chi connectivity index (χ1v) is 5.58. The van der Waals surface area contributed by atoms with E-state index >= 15 is 0 Å². The minimum atomic E-state index is -1.06. The van der Waals surface area contributed by atoms with Crippen molar-refractivity contribution < 1.29 is 14.6 Å². The Balaban J connectivity index is 2.14. The maximum Gasteiger partial charge on any atom is 0.354 e.